The van der Waals surface area contributed by atoms with Gasteiger partial charge in [0.2, 0.25) is 5.88 Å². The summed E-state index contributed by atoms with van der Waals surface area (Å²) in [5.74, 6) is 0.284. The Bertz CT molecular complexity index is 332. The maximum Gasteiger partial charge on any atom is 0.350 e. The van der Waals surface area contributed by atoms with Gasteiger partial charge in [0.15, 0.2) is 0 Å². The van der Waals surface area contributed by atoms with Crippen LogP contribution in [0.3, 0.4) is 0 Å². The van der Waals surface area contributed by atoms with Crippen molar-refractivity contribution in [2.45, 2.75) is 19.6 Å². The van der Waals surface area contributed by atoms with E-state index in [9.17, 15) is 4.79 Å². The van der Waals surface area contributed by atoms with Gasteiger partial charge in [-0.05, 0) is 6.92 Å². The minimum absolute atomic E-state index is 0.246. The van der Waals surface area contributed by atoms with Crippen LogP contribution in [-0.4, -0.2) is 27.9 Å². The van der Waals surface area contributed by atoms with E-state index in [1.54, 1.807) is 19.2 Å². The van der Waals surface area contributed by atoms with Crippen LogP contribution in [-0.2, 0) is 6.54 Å². The number of aliphatic hydroxyl groups is 1. The van der Waals surface area contributed by atoms with Gasteiger partial charge in [-0.3, -0.25) is 4.57 Å². The highest BCUT2D eigenvalue weighted by atomic mass is 16.5. The van der Waals surface area contributed by atoms with Crippen LogP contribution in [0, 0.1) is 0 Å². The fourth-order valence-electron chi connectivity index (χ4n) is 0.951. The van der Waals surface area contributed by atoms with Crippen LogP contribution < -0.4 is 10.4 Å². The molecule has 0 spiro atoms. The van der Waals surface area contributed by atoms with Crippen LogP contribution in [0.2, 0.25) is 0 Å². The molecule has 0 amide bonds. The first-order valence-electron chi connectivity index (χ1n) is 3.93. The molecule has 0 saturated carbocycles. The Hall–Kier alpha value is -1.36. The molecule has 13 heavy (non-hydrogen) atoms. The largest absolute Gasteiger partial charge is 0.481 e. The van der Waals surface area contributed by atoms with Gasteiger partial charge in [-0.15, -0.1) is 0 Å². The molecule has 0 aliphatic carbocycles. The zero-order valence-electron chi connectivity index (χ0n) is 7.60. The van der Waals surface area contributed by atoms with Crippen molar-refractivity contribution >= 4 is 0 Å². The third kappa shape index (κ3) is 2.55. The van der Waals surface area contributed by atoms with E-state index < -0.39 is 11.8 Å². The number of hydrogen-bond donors (Lipinski definition) is 1. The van der Waals surface area contributed by atoms with E-state index in [4.69, 9.17) is 9.84 Å². The van der Waals surface area contributed by atoms with Crippen molar-refractivity contribution in [1.82, 2.24) is 9.55 Å². The lowest BCUT2D eigenvalue weighted by Gasteiger charge is -2.06. The Morgan fingerprint density at radius 2 is 2.46 bits per heavy atom. The van der Waals surface area contributed by atoms with Gasteiger partial charge in [0, 0.05) is 12.3 Å². The molecule has 0 fully saturated rings. The maximum absolute atomic E-state index is 11.2. The molecular weight excluding hydrogens is 172 g/mol. The minimum Gasteiger partial charge on any atom is -0.481 e. The number of aliphatic hydroxyl groups excluding tert-OH is 1. The van der Waals surface area contributed by atoms with Crippen molar-refractivity contribution in [3.63, 3.8) is 0 Å². The maximum atomic E-state index is 11.2. The normalized spacial score (nSPS) is 12.5. The molecular formula is C8H12N2O3. The Kier molecular flexibility index (Phi) is 3.02. The average Bonchev–Trinajstić information content (AvgIpc) is 2.08. The van der Waals surface area contributed by atoms with Crippen LogP contribution in [0.4, 0.5) is 0 Å². The average molecular weight is 184 g/mol. The third-order valence-corrected chi connectivity index (χ3v) is 1.52. The highest BCUT2D eigenvalue weighted by Gasteiger charge is 2.02. The van der Waals surface area contributed by atoms with Crippen LogP contribution in [0.1, 0.15) is 6.92 Å². The second-order valence-corrected chi connectivity index (χ2v) is 2.75. The molecule has 0 saturated heterocycles. The van der Waals surface area contributed by atoms with Gasteiger partial charge in [-0.2, -0.15) is 4.98 Å². The van der Waals surface area contributed by atoms with Crippen LogP contribution in [0.5, 0.6) is 5.88 Å². The van der Waals surface area contributed by atoms with E-state index in [0.29, 0.717) is 0 Å². The molecule has 1 rings (SSSR count). The summed E-state index contributed by atoms with van der Waals surface area (Å²) in [6.07, 6.45) is 0.980. The van der Waals surface area contributed by atoms with Crippen molar-refractivity contribution < 1.29 is 9.84 Å². The Balaban J connectivity index is 2.92. The van der Waals surface area contributed by atoms with Crippen molar-refractivity contribution in [2.24, 2.45) is 0 Å². The summed E-state index contributed by atoms with van der Waals surface area (Å²) < 4.78 is 6.09. The summed E-state index contributed by atoms with van der Waals surface area (Å²) in [5.41, 5.74) is -0.416. The molecule has 5 heteroatoms. The summed E-state index contributed by atoms with van der Waals surface area (Å²) in [6, 6.07) is 1.57. The number of nitrogens with zero attached hydrogens (tertiary/aromatic N) is 2. The second-order valence-electron chi connectivity index (χ2n) is 2.75. The third-order valence-electron chi connectivity index (χ3n) is 1.52. The van der Waals surface area contributed by atoms with Crippen molar-refractivity contribution in [3.05, 3.63) is 22.7 Å². The lowest BCUT2D eigenvalue weighted by molar-refractivity contribution is 0.171. The molecule has 1 N–H and O–H groups in total. The molecule has 0 aliphatic rings. The highest BCUT2D eigenvalue weighted by Crippen LogP contribution is 1.99. The van der Waals surface area contributed by atoms with Gasteiger partial charge in [0.05, 0.1) is 19.8 Å². The van der Waals surface area contributed by atoms with Gasteiger partial charge < -0.3 is 9.84 Å². The Morgan fingerprint density at radius 3 is 2.92 bits per heavy atom. The quantitative estimate of drug-likeness (QED) is 0.696. The molecule has 0 aromatic carbocycles. The van der Waals surface area contributed by atoms with Crippen LogP contribution in [0.25, 0.3) is 0 Å². The Labute approximate surface area is 75.6 Å². The number of aromatic nitrogens is 2. The summed E-state index contributed by atoms with van der Waals surface area (Å²) in [5, 5.41) is 9.04. The second kappa shape index (κ2) is 4.04. The topological polar surface area (TPSA) is 64.3 Å². The summed E-state index contributed by atoms with van der Waals surface area (Å²) >= 11 is 0. The molecule has 0 radical (unpaired) electrons. The fraction of sp³-hybridized carbons (Fsp3) is 0.500. The zero-order chi connectivity index (χ0) is 9.84. The monoisotopic (exact) mass is 184 g/mol. The Morgan fingerprint density at radius 1 is 1.77 bits per heavy atom. The van der Waals surface area contributed by atoms with E-state index >= 15 is 0 Å². The van der Waals surface area contributed by atoms with E-state index in [2.05, 4.69) is 4.98 Å². The number of hydrogen-bond acceptors (Lipinski definition) is 4. The number of ether oxygens (including phenoxy) is 1. The lowest BCUT2D eigenvalue weighted by Crippen LogP contribution is -2.26. The van der Waals surface area contributed by atoms with E-state index in [-0.39, 0.29) is 12.4 Å². The minimum atomic E-state index is -0.562. The van der Waals surface area contributed by atoms with E-state index in [0.717, 1.165) is 0 Å². The van der Waals surface area contributed by atoms with E-state index in [1.165, 1.54) is 11.7 Å². The fourth-order valence-corrected chi connectivity index (χ4v) is 0.951. The molecule has 1 heterocycles. The predicted octanol–water partition coefficient (Wildman–Crippen LogP) is -0.367. The molecule has 1 aromatic rings. The first kappa shape index (κ1) is 9.73. The van der Waals surface area contributed by atoms with Crippen molar-refractivity contribution in [3.8, 4) is 5.88 Å². The first-order valence-corrected chi connectivity index (χ1v) is 3.93. The standard InChI is InChI=1S/C8H12N2O3/c1-6(11)5-10-4-3-7(13-2)9-8(10)12/h3-4,6,11H,5H2,1-2H3. The zero-order valence-corrected chi connectivity index (χ0v) is 7.60. The molecule has 1 atom stereocenters. The van der Waals surface area contributed by atoms with Gasteiger partial charge in [-0.25, -0.2) is 4.79 Å². The smallest absolute Gasteiger partial charge is 0.350 e. The van der Waals surface area contributed by atoms with E-state index in [1.807, 2.05) is 0 Å². The van der Waals surface area contributed by atoms with Gasteiger partial charge in [0.1, 0.15) is 0 Å². The molecule has 1 unspecified atom stereocenters. The summed E-state index contributed by atoms with van der Waals surface area (Å²) in [4.78, 5) is 14.8. The predicted molar refractivity (Wildman–Crippen MR) is 46.7 cm³/mol. The van der Waals surface area contributed by atoms with Gasteiger partial charge >= 0.3 is 5.69 Å². The highest BCUT2D eigenvalue weighted by molar-refractivity contribution is 5.05. The lowest BCUT2D eigenvalue weighted by atomic mass is 10.4. The summed E-state index contributed by atoms with van der Waals surface area (Å²) in [7, 11) is 1.45. The van der Waals surface area contributed by atoms with Gasteiger partial charge in [-0.1, -0.05) is 0 Å². The van der Waals surface area contributed by atoms with Crippen LogP contribution in [0.15, 0.2) is 17.1 Å². The van der Waals surface area contributed by atoms with Crippen molar-refractivity contribution in [2.75, 3.05) is 7.11 Å². The molecule has 72 valence electrons. The SMILES string of the molecule is COc1ccn(CC(C)O)c(=O)n1. The van der Waals surface area contributed by atoms with Crippen LogP contribution >= 0.6 is 0 Å². The van der Waals surface area contributed by atoms with Gasteiger partial charge in [0.25, 0.3) is 0 Å². The molecule has 0 bridgehead atoms. The number of rotatable bonds is 3. The van der Waals surface area contributed by atoms with Crippen molar-refractivity contribution in [1.29, 1.82) is 0 Å². The first-order chi connectivity index (χ1) is 6.13. The summed E-state index contributed by atoms with van der Waals surface area (Å²) in [6.45, 7) is 1.85. The molecule has 1 aromatic heterocycles. The molecule has 0 aliphatic heterocycles. The molecule has 5 nitrogen and oxygen atoms in total. The number of methoxy groups -OCH3 is 1.